The molecule has 1 heterocycles. The van der Waals surface area contributed by atoms with Crippen molar-refractivity contribution in [1.29, 1.82) is 0 Å². The molecule has 2 heteroatoms. The third-order valence-electron chi connectivity index (χ3n) is 7.83. The number of nitrogens with two attached hydrogens (primary N) is 1. The lowest BCUT2D eigenvalue weighted by molar-refractivity contribution is 0.734. The predicted molar refractivity (Wildman–Crippen MR) is 177 cm³/mol. The van der Waals surface area contributed by atoms with E-state index in [0.29, 0.717) is 11.8 Å². The van der Waals surface area contributed by atoms with Crippen molar-refractivity contribution in [1.82, 2.24) is 4.98 Å². The van der Waals surface area contributed by atoms with Crippen LogP contribution in [0.15, 0.2) is 139 Å². The highest BCUT2D eigenvalue weighted by Crippen LogP contribution is 2.34. The topological polar surface area (TPSA) is 38.9 Å². The lowest BCUT2D eigenvalue weighted by Gasteiger charge is -2.14. The van der Waals surface area contributed by atoms with Crippen molar-refractivity contribution in [2.75, 3.05) is 0 Å². The van der Waals surface area contributed by atoms with Gasteiger partial charge in [-0.05, 0) is 69.1 Å². The fourth-order valence-electron chi connectivity index (χ4n) is 5.34. The first-order valence-electron chi connectivity index (χ1n) is 14.7. The molecular weight excluding hydrogens is 496 g/mol. The zero-order valence-electron chi connectivity index (χ0n) is 24.6. The standard InChI is InChI=1S/C26H20N2.C13H20/c27-26(18-9-2-1-3-10-18)25-16-8-15-24(28-25)23-17-19-11-4-5-12-20(19)21-13-6-7-14-22(21)23;1-10(2)12-7-5-6-8-13(9-12)11(3)4/h1-17,26H,27H2;5-7,9-11H,8H2,1-4H3. The first-order valence-corrected chi connectivity index (χ1v) is 14.7. The fraction of sp³-hybridized carbons (Fsp3) is 0.205. The summed E-state index contributed by atoms with van der Waals surface area (Å²) >= 11 is 0. The Balaban J connectivity index is 0.000000219. The number of pyridine rings is 1. The maximum atomic E-state index is 6.50. The highest BCUT2D eigenvalue weighted by Gasteiger charge is 2.14. The van der Waals surface area contributed by atoms with Crippen molar-refractivity contribution in [3.05, 3.63) is 150 Å². The van der Waals surface area contributed by atoms with Gasteiger partial charge < -0.3 is 5.73 Å². The third-order valence-corrected chi connectivity index (χ3v) is 7.83. The maximum absolute atomic E-state index is 6.50. The SMILES string of the molecule is CC(C)C1=CC=CCC(C(C)C)=C1.NC(c1ccccc1)c1cccc(-c2cc3ccccc3c3ccccc23)n1. The third kappa shape index (κ3) is 6.56. The van der Waals surface area contributed by atoms with Crippen LogP contribution in [0.3, 0.4) is 0 Å². The number of benzene rings is 4. The molecule has 0 spiro atoms. The van der Waals surface area contributed by atoms with Gasteiger partial charge >= 0.3 is 0 Å². The van der Waals surface area contributed by atoms with Gasteiger partial charge in [0.1, 0.15) is 0 Å². The monoisotopic (exact) mass is 536 g/mol. The molecular formula is C39H40N2. The number of allylic oxidation sites excluding steroid dienone is 6. The maximum Gasteiger partial charge on any atom is 0.0726 e. The molecule has 1 aliphatic rings. The molecule has 4 aromatic carbocycles. The lowest BCUT2D eigenvalue weighted by atomic mass is 9.95. The van der Waals surface area contributed by atoms with Crippen LogP contribution in [0.2, 0.25) is 0 Å². The van der Waals surface area contributed by atoms with Gasteiger partial charge in [-0.15, -0.1) is 0 Å². The molecule has 6 rings (SSSR count). The summed E-state index contributed by atoms with van der Waals surface area (Å²) in [7, 11) is 0. The molecule has 0 fully saturated rings. The van der Waals surface area contributed by atoms with Crippen LogP contribution in [0, 0.1) is 11.8 Å². The second-order valence-corrected chi connectivity index (χ2v) is 11.4. The van der Waals surface area contributed by atoms with Crippen molar-refractivity contribution in [3.8, 4) is 11.3 Å². The summed E-state index contributed by atoms with van der Waals surface area (Å²) in [6.07, 6.45) is 10.2. The van der Waals surface area contributed by atoms with Crippen molar-refractivity contribution in [2.45, 2.75) is 40.2 Å². The largest absolute Gasteiger partial charge is 0.319 e. The smallest absolute Gasteiger partial charge is 0.0726 e. The molecule has 2 N–H and O–H groups in total. The molecule has 1 unspecified atom stereocenters. The molecule has 0 saturated heterocycles. The zero-order chi connectivity index (χ0) is 28.8. The van der Waals surface area contributed by atoms with Gasteiger partial charge in [-0.1, -0.05) is 143 Å². The van der Waals surface area contributed by atoms with Crippen LogP contribution in [-0.4, -0.2) is 4.98 Å². The average molecular weight is 537 g/mol. The van der Waals surface area contributed by atoms with Crippen LogP contribution in [0.1, 0.15) is 51.4 Å². The molecule has 0 radical (unpaired) electrons. The van der Waals surface area contributed by atoms with E-state index in [0.717, 1.165) is 28.9 Å². The Morgan fingerprint density at radius 3 is 2.10 bits per heavy atom. The molecule has 1 aliphatic carbocycles. The minimum atomic E-state index is -0.243. The van der Waals surface area contributed by atoms with Crippen LogP contribution in [0.25, 0.3) is 32.8 Å². The highest BCUT2D eigenvalue weighted by molar-refractivity contribution is 6.13. The minimum Gasteiger partial charge on any atom is -0.319 e. The van der Waals surface area contributed by atoms with Crippen molar-refractivity contribution < 1.29 is 0 Å². The molecule has 0 aliphatic heterocycles. The Bertz CT molecular complexity index is 1720. The molecule has 41 heavy (non-hydrogen) atoms. The summed E-state index contributed by atoms with van der Waals surface area (Å²) in [6.45, 7) is 9.03. The number of hydrogen-bond donors (Lipinski definition) is 1. The van der Waals surface area contributed by atoms with Gasteiger partial charge in [-0.25, -0.2) is 0 Å². The van der Waals surface area contributed by atoms with Gasteiger partial charge in [0.05, 0.1) is 17.4 Å². The number of aromatic nitrogens is 1. The van der Waals surface area contributed by atoms with E-state index < -0.39 is 0 Å². The molecule has 0 amide bonds. The van der Waals surface area contributed by atoms with Gasteiger partial charge in [0.25, 0.3) is 0 Å². The van der Waals surface area contributed by atoms with E-state index in [1.807, 2.05) is 42.5 Å². The van der Waals surface area contributed by atoms with E-state index in [2.05, 4.69) is 113 Å². The Labute approximate surface area is 245 Å². The number of fused-ring (bicyclic) bond motifs is 3. The second-order valence-electron chi connectivity index (χ2n) is 11.4. The Morgan fingerprint density at radius 1 is 0.683 bits per heavy atom. The quantitative estimate of drug-likeness (QED) is 0.227. The molecule has 2 nitrogen and oxygen atoms in total. The molecule has 1 atom stereocenters. The van der Waals surface area contributed by atoms with Crippen LogP contribution < -0.4 is 5.73 Å². The summed E-state index contributed by atoms with van der Waals surface area (Å²) in [4.78, 5) is 4.95. The van der Waals surface area contributed by atoms with E-state index in [4.69, 9.17) is 10.7 Å². The minimum absolute atomic E-state index is 0.243. The van der Waals surface area contributed by atoms with Gasteiger partial charge in [-0.3, -0.25) is 4.98 Å². The zero-order valence-corrected chi connectivity index (χ0v) is 24.6. The van der Waals surface area contributed by atoms with Gasteiger partial charge in [0, 0.05) is 5.56 Å². The molecule has 5 aromatic rings. The molecule has 0 saturated carbocycles. The van der Waals surface area contributed by atoms with Crippen LogP contribution in [-0.2, 0) is 0 Å². The number of hydrogen-bond acceptors (Lipinski definition) is 2. The normalized spacial score (nSPS) is 13.9. The second kappa shape index (κ2) is 12.9. The summed E-state index contributed by atoms with van der Waals surface area (Å²) in [5, 5.41) is 4.93. The van der Waals surface area contributed by atoms with Crippen LogP contribution in [0.4, 0.5) is 0 Å². The van der Waals surface area contributed by atoms with E-state index in [1.165, 1.54) is 27.1 Å². The summed E-state index contributed by atoms with van der Waals surface area (Å²) < 4.78 is 0. The van der Waals surface area contributed by atoms with Gasteiger partial charge in [0.2, 0.25) is 0 Å². The molecule has 1 aromatic heterocycles. The molecule has 0 bridgehead atoms. The first-order chi connectivity index (χ1) is 19.9. The summed E-state index contributed by atoms with van der Waals surface area (Å²) in [5.41, 5.74) is 13.5. The van der Waals surface area contributed by atoms with Crippen molar-refractivity contribution in [3.63, 3.8) is 0 Å². The van der Waals surface area contributed by atoms with Gasteiger partial charge in [-0.2, -0.15) is 0 Å². The van der Waals surface area contributed by atoms with E-state index in [9.17, 15) is 0 Å². The Kier molecular flexibility index (Phi) is 8.91. The molecule has 206 valence electrons. The lowest BCUT2D eigenvalue weighted by Crippen LogP contribution is -2.13. The number of nitrogens with zero attached hydrogens (tertiary/aromatic N) is 1. The average Bonchev–Trinajstić information content (AvgIpc) is 3.28. The Hall–Kier alpha value is -4.27. The summed E-state index contributed by atoms with van der Waals surface area (Å²) in [5.74, 6) is 1.31. The van der Waals surface area contributed by atoms with E-state index >= 15 is 0 Å². The van der Waals surface area contributed by atoms with E-state index in [1.54, 1.807) is 5.57 Å². The highest BCUT2D eigenvalue weighted by atomic mass is 14.8. The van der Waals surface area contributed by atoms with Crippen LogP contribution in [0.5, 0.6) is 0 Å². The van der Waals surface area contributed by atoms with Crippen molar-refractivity contribution in [2.24, 2.45) is 17.6 Å². The summed E-state index contributed by atoms with van der Waals surface area (Å²) in [6, 6.07) is 35.3. The number of rotatable bonds is 5. The van der Waals surface area contributed by atoms with E-state index in [-0.39, 0.29) is 6.04 Å². The first kappa shape index (κ1) is 28.3. The predicted octanol–water partition coefficient (Wildman–Crippen LogP) is 10.2. The van der Waals surface area contributed by atoms with Crippen LogP contribution >= 0.6 is 0 Å². The fourth-order valence-corrected chi connectivity index (χ4v) is 5.34. The van der Waals surface area contributed by atoms with Crippen molar-refractivity contribution >= 4 is 21.5 Å². The Morgan fingerprint density at radius 2 is 1.37 bits per heavy atom. The van der Waals surface area contributed by atoms with Gasteiger partial charge in [0.15, 0.2) is 0 Å².